The van der Waals surface area contributed by atoms with Crippen molar-refractivity contribution >= 4 is 5.78 Å². The Morgan fingerprint density at radius 2 is 1.86 bits per heavy atom. The van der Waals surface area contributed by atoms with Gasteiger partial charge in [-0.3, -0.25) is 4.79 Å². The zero-order valence-electron chi connectivity index (χ0n) is 9.14. The van der Waals surface area contributed by atoms with Gasteiger partial charge in [0.05, 0.1) is 0 Å². The monoisotopic (exact) mass is 192 g/mol. The fourth-order valence-electron chi connectivity index (χ4n) is 1.67. The van der Waals surface area contributed by atoms with Crippen LogP contribution in [0.25, 0.3) is 0 Å². The predicted octanol–water partition coefficient (Wildman–Crippen LogP) is 2.91. The maximum absolute atomic E-state index is 11.6. The van der Waals surface area contributed by atoms with Crippen molar-refractivity contribution in [2.24, 2.45) is 0 Å². The van der Waals surface area contributed by atoms with Crippen LogP contribution in [0.4, 0.5) is 0 Å². The molecule has 0 radical (unpaired) electrons. The fraction of sp³-hybridized carbons (Fsp3) is 0.417. The third-order valence-electron chi connectivity index (χ3n) is 2.67. The molecule has 0 saturated carbocycles. The smallest absolute Gasteiger partial charge is 0.163 e. The Labute approximate surface area is 84.6 Å². The lowest BCUT2D eigenvalue weighted by molar-refractivity contribution is 0.0987. The van der Waals surface area contributed by atoms with Crippen LogP contribution in [0, 0.1) is 20.8 Å². The average molecular weight is 192 g/mol. The number of carbonyl (C=O) groups is 1. The molecule has 1 N–H and O–H groups in total. The lowest BCUT2D eigenvalue weighted by Gasteiger charge is -2.12. The van der Waals surface area contributed by atoms with Crippen LogP contribution >= 0.6 is 0 Å². The molecule has 0 aliphatic rings. The second-order valence-electron chi connectivity index (χ2n) is 3.61. The number of carbonyl (C=O) groups excluding carboxylic acids is 1. The zero-order valence-corrected chi connectivity index (χ0v) is 9.14. The molecule has 0 aliphatic heterocycles. The molecule has 0 fully saturated rings. The normalized spacial score (nSPS) is 10.3. The second kappa shape index (κ2) is 3.82. The maximum atomic E-state index is 11.6. The van der Waals surface area contributed by atoms with E-state index in [-0.39, 0.29) is 11.5 Å². The summed E-state index contributed by atoms with van der Waals surface area (Å²) in [4.78, 5) is 11.6. The molecule has 0 aromatic heterocycles. The molecule has 2 nitrogen and oxygen atoms in total. The Hall–Kier alpha value is -1.31. The van der Waals surface area contributed by atoms with Gasteiger partial charge in [-0.05, 0) is 43.5 Å². The first kappa shape index (κ1) is 10.8. The molecule has 0 amide bonds. The maximum Gasteiger partial charge on any atom is 0.163 e. The molecule has 0 unspecified atom stereocenters. The van der Waals surface area contributed by atoms with Crippen molar-refractivity contribution in [2.75, 3.05) is 0 Å². The standard InChI is InChI=1S/C12H16O2/c1-5-10(13)12-7(2)6-11(14)8(3)9(12)4/h6,14H,5H2,1-4H3. The molecule has 1 aromatic carbocycles. The number of hydrogen-bond donors (Lipinski definition) is 1. The van der Waals surface area contributed by atoms with E-state index < -0.39 is 0 Å². The van der Waals surface area contributed by atoms with Crippen molar-refractivity contribution in [1.82, 2.24) is 0 Å². The first-order valence-electron chi connectivity index (χ1n) is 4.82. The van der Waals surface area contributed by atoms with E-state index in [1.54, 1.807) is 6.07 Å². The number of phenolic OH excluding ortho intramolecular Hbond substituents is 1. The first-order valence-corrected chi connectivity index (χ1v) is 4.82. The molecule has 1 rings (SSSR count). The van der Waals surface area contributed by atoms with Gasteiger partial charge in [-0.1, -0.05) is 6.92 Å². The van der Waals surface area contributed by atoms with Gasteiger partial charge in [0.1, 0.15) is 5.75 Å². The largest absolute Gasteiger partial charge is 0.508 e. The van der Waals surface area contributed by atoms with Crippen molar-refractivity contribution in [3.63, 3.8) is 0 Å². The molecule has 0 spiro atoms. The first-order chi connectivity index (χ1) is 6.49. The summed E-state index contributed by atoms with van der Waals surface area (Å²) in [5, 5.41) is 9.55. The molecule has 14 heavy (non-hydrogen) atoms. The molecule has 0 atom stereocenters. The summed E-state index contributed by atoms with van der Waals surface area (Å²) in [6.07, 6.45) is 0.506. The number of Topliss-reactive ketones (excluding diaryl/α,β-unsaturated/α-hetero) is 1. The highest BCUT2D eigenvalue weighted by Crippen LogP contribution is 2.27. The molecule has 0 bridgehead atoms. The van der Waals surface area contributed by atoms with Gasteiger partial charge in [-0.15, -0.1) is 0 Å². The van der Waals surface area contributed by atoms with Gasteiger partial charge in [0, 0.05) is 12.0 Å². The molecular formula is C12H16O2. The number of benzene rings is 1. The van der Waals surface area contributed by atoms with E-state index >= 15 is 0 Å². The molecule has 0 aliphatic carbocycles. The molecule has 2 heteroatoms. The number of rotatable bonds is 2. The number of aromatic hydroxyl groups is 1. The van der Waals surface area contributed by atoms with Gasteiger partial charge in [0.2, 0.25) is 0 Å². The summed E-state index contributed by atoms with van der Waals surface area (Å²) >= 11 is 0. The minimum absolute atomic E-state index is 0.142. The molecular weight excluding hydrogens is 176 g/mol. The topological polar surface area (TPSA) is 37.3 Å². The van der Waals surface area contributed by atoms with Crippen molar-refractivity contribution in [2.45, 2.75) is 34.1 Å². The summed E-state index contributed by atoms with van der Waals surface area (Å²) < 4.78 is 0. The minimum atomic E-state index is 0.142. The van der Waals surface area contributed by atoms with Crippen LogP contribution in [0.2, 0.25) is 0 Å². The van der Waals surface area contributed by atoms with E-state index in [2.05, 4.69) is 0 Å². The van der Waals surface area contributed by atoms with Gasteiger partial charge in [0.15, 0.2) is 5.78 Å². The van der Waals surface area contributed by atoms with Crippen LogP contribution in [-0.2, 0) is 0 Å². The van der Waals surface area contributed by atoms with E-state index in [0.717, 1.165) is 22.3 Å². The molecule has 1 aromatic rings. The number of phenols is 1. The lowest BCUT2D eigenvalue weighted by Crippen LogP contribution is -2.04. The number of aryl methyl sites for hydroxylation is 1. The Morgan fingerprint density at radius 1 is 1.29 bits per heavy atom. The Balaban J connectivity index is 3.44. The third-order valence-corrected chi connectivity index (χ3v) is 2.67. The average Bonchev–Trinajstić information content (AvgIpc) is 2.14. The van der Waals surface area contributed by atoms with E-state index in [1.165, 1.54) is 0 Å². The zero-order chi connectivity index (χ0) is 10.9. The Kier molecular flexibility index (Phi) is 2.94. The SMILES string of the molecule is CCC(=O)c1c(C)cc(O)c(C)c1C. The fourth-order valence-corrected chi connectivity index (χ4v) is 1.67. The second-order valence-corrected chi connectivity index (χ2v) is 3.61. The van der Waals surface area contributed by atoms with Crippen molar-refractivity contribution in [3.05, 3.63) is 28.3 Å². The van der Waals surface area contributed by atoms with Crippen LogP contribution in [0.1, 0.15) is 40.4 Å². The van der Waals surface area contributed by atoms with Crippen molar-refractivity contribution in [3.8, 4) is 5.75 Å². The van der Waals surface area contributed by atoms with E-state index in [9.17, 15) is 9.90 Å². The highest BCUT2D eigenvalue weighted by Gasteiger charge is 2.14. The van der Waals surface area contributed by atoms with Crippen LogP contribution in [0.3, 0.4) is 0 Å². The third kappa shape index (κ3) is 1.65. The minimum Gasteiger partial charge on any atom is -0.508 e. The van der Waals surface area contributed by atoms with Crippen molar-refractivity contribution < 1.29 is 9.90 Å². The van der Waals surface area contributed by atoms with Gasteiger partial charge in [-0.25, -0.2) is 0 Å². The molecule has 0 saturated heterocycles. The summed E-state index contributed by atoms with van der Waals surface area (Å²) in [6.45, 7) is 7.42. The van der Waals surface area contributed by atoms with Gasteiger partial charge in [-0.2, -0.15) is 0 Å². The van der Waals surface area contributed by atoms with E-state index in [4.69, 9.17) is 0 Å². The van der Waals surface area contributed by atoms with Crippen LogP contribution in [-0.4, -0.2) is 10.9 Å². The van der Waals surface area contributed by atoms with Gasteiger partial charge < -0.3 is 5.11 Å². The van der Waals surface area contributed by atoms with Crippen LogP contribution in [0.5, 0.6) is 5.75 Å². The molecule has 0 heterocycles. The summed E-state index contributed by atoms with van der Waals surface area (Å²) in [6, 6.07) is 1.66. The van der Waals surface area contributed by atoms with Gasteiger partial charge in [0.25, 0.3) is 0 Å². The number of ketones is 1. The highest BCUT2D eigenvalue weighted by molar-refractivity contribution is 5.99. The summed E-state index contributed by atoms with van der Waals surface area (Å²) in [5.41, 5.74) is 3.32. The van der Waals surface area contributed by atoms with Gasteiger partial charge >= 0.3 is 0 Å². The summed E-state index contributed by atoms with van der Waals surface area (Å²) in [7, 11) is 0. The summed E-state index contributed by atoms with van der Waals surface area (Å²) in [5.74, 6) is 0.413. The van der Waals surface area contributed by atoms with E-state index in [1.807, 2.05) is 27.7 Å². The number of hydrogen-bond acceptors (Lipinski definition) is 2. The van der Waals surface area contributed by atoms with Crippen LogP contribution in [0.15, 0.2) is 6.07 Å². The molecule has 76 valence electrons. The lowest BCUT2D eigenvalue weighted by atomic mass is 9.93. The Morgan fingerprint density at radius 3 is 2.36 bits per heavy atom. The quantitative estimate of drug-likeness (QED) is 0.731. The van der Waals surface area contributed by atoms with Crippen LogP contribution < -0.4 is 0 Å². The van der Waals surface area contributed by atoms with E-state index in [0.29, 0.717) is 6.42 Å². The predicted molar refractivity (Wildman–Crippen MR) is 56.9 cm³/mol. The highest BCUT2D eigenvalue weighted by atomic mass is 16.3. The van der Waals surface area contributed by atoms with Crippen molar-refractivity contribution in [1.29, 1.82) is 0 Å². The Bertz CT molecular complexity index is 378.